The number of fused-ring (bicyclic) bond motifs is 1. The summed E-state index contributed by atoms with van der Waals surface area (Å²) in [4.78, 5) is 12.1. The number of piperazine rings is 1. The van der Waals surface area contributed by atoms with Gasteiger partial charge in [0.15, 0.2) is 0 Å². The number of halogens is 1. The van der Waals surface area contributed by atoms with Crippen molar-refractivity contribution in [3.63, 3.8) is 0 Å². The van der Waals surface area contributed by atoms with Crippen LogP contribution >= 0.6 is 0 Å². The van der Waals surface area contributed by atoms with Crippen molar-refractivity contribution in [2.75, 3.05) is 31.5 Å². The van der Waals surface area contributed by atoms with Crippen LogP contribution < -0.4 is 5.32 Å². The predicted molar refractivity (Wildman–Crippen MR) is 148 cm³/mol. The lowest BCUT2D eigenvalue weighted by atomic mass is 10.0. The molecule has 1 aromatic heterocycles. The lowest BCUT2D eigenvalue weighted by Crippen LogP contribution is -2.49. The van der Waals surface area contributed by atoms with Crippen LogP contribution in [0.3, 0.4) is 0 Å². The van der Waals surface area contributed by atoms with Gasteiger partial charge in [0.05, 0.1) is 16.5 Å². The standard InChI is InChI=1S/C29H32FN5O2S/c1-20(2)22-8-12-24(13-9-22)31-29-26-6-4-5-7-27(26)32-28(33-29)21(3)34-16-18-35(19-17-34)38(36,37)25-14-10-23(30)11-15-25/h4-15,20-21H,16-19H2,1-3H3,(H,31,32,33). The molecular formula is C29H32FN5O2S. The zero-order chi connectivity index (χ0) is 26.9. The van der Waals surface area contributed by atoms with E-state index in [2.05, 4.69) is 55.3 Å². The average molecular weight is 534 g/mol. The number of benzene rings is 3. The third-order valence-electron chi connectivity index (χ3n) is 7.11. The van der Waals surface area contributed by atoms with Gasteiger partial charge in [-0.2, -0.15) is 4.31 Å². The fourth-order valence-corrected chi connectivity index (χ4v) is 6.14. The Hall–Kier alpha value is -3.40. The van der Waals surface area contributed by atoms with Gasteiger partial charge in [0, 0.05) is 37.3 Å². The number of sulfonamides is 1. The van der Waals surface area contributed by atoms with Gasteiger partial charge in [0.2, 0.25) is 10.0 Å². The average Bonchev–Trinajstić information content (AvgIpc) is 2.93. The highest BCUT2D eigenvalue weighted by atomic mass is 32.2. The number of aromatic nitrogens is 2. The second-order valence-corrected chi connectivity index (χ2v) is 11.9. The van der Waals surface area contributed by atoms with Gasteiger partial charge in [-0.05, 0) is 66.9 Å². The van der Waals surface area contributed by atoms with Crippen molar-refractivity contribution < 1.29 is 12.8 Å². The van der Waals surface area contributed by atoms with Crippen LogP contribution in [-0.4, -0.2) is 53.8 Å². The Bertz CT molecular complexity index is 1520. The first-order chi connectivity index (χ1) is 18.2. The Morgan fingerprint density at radius 3 is 2.16 bits per heavy atom. The van der Waals surface area contributed by atoms with E-state index < -0.39 is 15.8 Å². The van der Waals surface area contributed by atoms with Gasteiger partial charge in [0.25, 0.3) is 0 Å². The molecule has 4 aromatic rings. The molecule has 0 bridgehead atoms. The molecular weight excluding hydrogens is 501 g/mol. The van der Waals surface area contributed by atoms with E-state index in [0.717, 1.165) is 22.4 Å². The Morgan fingerprint density at radius 1 is 0.842 bits per heavy atom. The van der Waals surface area contributed by atoms with Crippen LogP contribution in [0.2, 0.25) is 0 Å². The summed E-state index contributed by atoms with van der Waals surface area (Å²) in [5.41, 5.74) is 3.08. The van der Waals surface area contributed by atoms with Gasteiger partial charge in [-0.1, -0.05) is 38.1 Å². The summed E-state index contributed by atoms with van der Waals surface area (Å²) in [6, 6.07) is 21.2. The molecule has 0 saturated carbocycles. The molecule has 1 saturated heterocycles. The summed E-state index contributed by atoms with van der Waals surface area (Å²) in [5.74, 6) is 1.43. The maximum atomic E-state index is 13.3. The van der Waals surface area contributed by atoms with Gasteiger partial charge in [-0.15, -0.1) is 0 Å². The van der Waals surface area contributed by atoms with Crippen molar-refractivity contribution in [2.24, 2.45) is 0 Å². The van der Waals surface area contributed by atoms with Crippen LogP contribution in [0.5, 0.6) is 0 Å². The smallest absolute Gasteiger partial charge is 0.243 e. The molecule has 5 rings (SSSR count). The van der Waals surface area contributed by atoms with Crippen LogP contribution in [0.4, 0.5) is 15.9 Å². The second kappa shape index (κ2) is 10.8. The van der Waals surface area contributed by atoms with Gasteiger partial charge >= 0.3 is 0 Å². The number of hydrogen-bond donors (Lipinski definition) is 1. The minimum Gasteiger partial charge on any atom is -0.340 e. The fraction of sp³-hybridized carbons (Fsp3) is 0.310. The fourth-order valence-electron chi connectivity index (χ4n) is 4.71. The van der Waals surface area contributed by atoms with E-state index in [-0.39, 0.29) is 10.9 Å². The Balaban J connectivity index is 1.35. The Morgan fingerprint density at radius 2 is 1.50 bits per heavy atom. The summed E-state index contributed by atoms with van der Waals surface area (Å²) in [5, 5.41) is 4.41. The highest BCUT2D eigenvalue weighted by Crippen LogP contribution is 2.29. The van der Waals surface area contributed by atoms with E-state index in [1.54, 1.807) is 0 Å². The maximum absolute atomic E-state index is 13.3. The van der Waals surface area contributed by atoms with Crippen LogP contribution in [0.1, 0.15) is 44.1 Å². The molecule has 38 heavy (non-hydrogen) atoms. The molecule has 9 heteroatoms. The third kappa shape index (κ3) is 5.41. The van der Waals surface area contributed by atoms with E-state index in [0.29, 0.717) is 37.9 Å². The molecule has 7 nitrogen and oxygen atoms in total. The first-order valence-electron chi connectivity index (χ1n) is 12.9. The van der Waals surface area contributed by atoms with Crippen molar-refractivity contribution in [3.05, 3.63) is 90.0 Å². The normalized spacial score (nSPS) is 16.1. The largest absolute Gasteiger partial charge is 0.340 e. The molecule has 1 fully saturated rings. The Kier molecular flexibility index (Phi) is 7.43. The molecule has 1 N–H and O–H groups in total. The van der Waals surface area contributed by atoms with E-state index in [4.69, 9.17) is 9.97 Å². The summed E-state index contributed by atoms with van der Waals surface area (Å²) >= 11 is 0. The molecule has 3 aromatic carbocycles. The molecule has 0 radical (unpaired) electrons. The van der Waals surface area contributed by atoms with E-state index in [1.807, 2.05) is 24.3 Å². The first kappa shape index (κ1) is 26.2. The summed E-state index contributed by atoms with van der Waals surface area (Å²) in [7, 11) is -3.67. The number of anilines is 2. The van der Waals surface area contributed by atoms with Crippen molar-refractivity contribution >= 4 is 32.4 Å². The van der Waals surface area contributed by atoms with E-state index >= 15 is 0 Å². The molecule has 2 heterocycles. The van der Waals surface area contributed by atoms with Crippen LogP contribution in [-0.2, 0) is 10.0 Å². The third-order valence-corrected chi connectivity index (χ3v) is 9.02. The molecule has 0 aliphatic carbocycles. The number of rotatable bonds is 7. The lowest BCUT2D eigenvalue weighted by molar-refractivity contribution is 0.141. The molecule has 1 aliphatic heterocycles. The van der Waals surface area contributed by atoms with Crippen molar-refractivity contribution in [3.8, 4) is 0 Å². The molecule has 198 valence electrons. The van der Waals surface area contributed by atoms with Crippen LogP contribution in [0, 0.1) is 5.82 Å². The van der Waals surface area contributed by atoms with Crippen LogP contribution in [0.15, 0.2) is 77.7 Å². The zero-order valence-electron chi connectivity index (χ0n) is 21.8. The van der Waals surface area contributed by atoms with Crippen LogP contribution in [0.25, 0.3) is 10.9 Å². The first-order valence-corrected chi connectivity index (χ1v) is 14.3. The molecule has 1 aliphatic rings. The summed E-state index contributed by atoms with van der Waals surface area (Å²) < 4.78 is 40.8. The number of para-hydroxylation sites is 1. The zero-order valence-corrected chi connectivity index (χ0v) is 22.6. The minimum absolute atomic E-state index is 0.107. The Labute approximate surface area is 223 Å². The van der Waals surface area contributed by atoms with Gasteiger partial charge in [0.1, 0.15) is 17.5 Å². The van der Waals surface area contributed by atoms with Gasteiger partial charge < -0.3 is 5.32 Å². The summed E-state index contributed by atoms with van der Waals surface area (Å²) in [6.07, 6.45) is 0. The highest BCUT2D eigenvalue weighted by molar-refractivity contribution is 7.89. The van der Waals surface area contributed by atoms with Gasteiger partial charge in [-0.3, -0.25) is 4.90 Å². The second-order valence-electron chi connectivity index (χ2n) is 9.92. The minimum atomic E-state index is -3.67. The van der Waals surface area contributed by atoms with Gasteiger partial charge in [-0.25, -0.2) is 22.8 Å². The molecule has 1 unspecified atom stereocenters. The quantitative estimate of drug-likeness (QED) is 0.328. The van der Waals surface area contributed by atoms with E-state index in [9.17, 15) is 12.8 Å². The lowest BCUT2D eigenvalue weighted by Gasteiger charge is -2.36. The highest BCUT2D eigenvalue weighted by Gasteiger charge is 2.31. The topological polar surface area (TPSA) is 78.4 Å². The van der Waals surface area contributed by atoms with E-state index in [1.165, 1.54) is 34.1 Å². The molecule has 0 amide bonds. The van der Waals surface area contributed by atoms with Crippen molar-refractivity contribution in [2.45, 2.75) is 37.6 Å². The van der Waals surface area contributed by atoms with Crippen molar-refractivity contribution in [1.29, 1.82) is 0 Å². The predicted octanol–water partition coefficient (Wildman–Crippen LogP) is 5.70. The van der Waals surface area contributed by atoms with Crippen molar-refractivity contribution in [1.82, 2.24) is 19.2 Å². The maximum Gasteiger partial charge on any atom is 0.243 e. The monoisotopic (exact) mass is 533 g/mol. The SMILES string of the molecule is CC(C)c1ccc(Nc2nc(C(C)N3CCN(S(=O)(=O)c4ccc(F)cc4)CC3)nc3ccccc23)cc1. The number of nitrogens with one attached hydrogen (secondary N) is 1. The summed E-state index contributed by atoms with van der Waals surface area (Å²) in [6.45, 7) is 8.15. The molecule has 1 atom stereocenters. The molecule has 0 spiro atoms. The number of hydrogen-bond acceptors (Lipinski definition) is 6. The number of nitrogens with zero attached hydrogens (tertiary/aromatic N) is 4.